The standard InChI is InChI=1S/C7H7ClN2OS/c8-7-9-5-3-12-2-1-4(5)6(11)10-7/h1-3H2,(H,9,10,11). The normalized spacial score (nSPS) is 15.8. The van der Waals surface area contributed by atoms with Crippen molar-refractivity contribution >= 4 is 23.4 Å². The molecule has 1 aliphatic rings. The minimum atomic E-state index is -0.0784. The van der Waals surface area contributed by atoms with Crippen LogP contribution in [0.1, 0.15) is 11.3 Å². The molecule has 0 fully saturated rings. The van der Waals surface area contributed by atoms with Crippen molar-refractivity contribution in [3.8, 4) is 0 Å². The Hall–Kier alpha value is -0.480. The third-order valence-corrected chi connectivity index (χ3v) is 2.96. The van der Waals surface area contributed by atoms with E-state index < -0.39 is 0 Å². The van der Waals surface area contributed by atoms with Gasteiger partial charge in [-0.3, -0.25) is 9.78 Å². The first kappa shape index (κ1) is 8.13. The van der Waals surface area contributed by atoms with E-state index in [4.69, 9.17) is 11.6 Å². The molecule has 0 spiro atoms. The fraction of sp³-hybridized carbons (Fsp3) is 0.429. The van der Waals surface area contributed by atoms with Gasteiger partial charge in [0.25, 0.3) is 5.56 Å². The Morgan fingerprint density at radius 2 is 2.42 bits per heavy atom. The van der Waals surface area contributed by atoms with Crippen molar-refractivity contribution in [2.75, 3.05) is 5.75 Å². The Kier molecular flexibility index (Phi) is 2.11. The summed E-state index contributed by atoms with van der Waals surface area (Å²) < 4.78 is 0. The highest BCUT2D eigenvalue weighted by molar-refractivity contribution is 7.98. The van der Waals surface area contributed by atoms with Gasteiger partial charge in [0.2, 0.25) is 5.28 Å². The van der Waals surface area contributed by atoms with Gasteiger partial charge in [0.05, 0.1) is 5.69 Å². The van der Waals surface area contributed by atoms with Gasteiger partial charge in [-0.15, -0.1) is 0 Å². The second-order valence-electron chi connectivity index (χ2n) is 2.58. The van der Waals surface area contributed by atoms with Crippen LogP contribution in [0.3, 0.4) is 0 Å². The molecule has 0 saturated heterocycles. The maximum atomic E-state index is 11.3. The largest absolute Gasteiger partial charge is 0.297 e. The number of nitrogens with one attached hydrogen (secondary N) is 1. The lowest BCUT2D eigenvalue weighted by Gasteiger charge is -2.12. The molecule has 0 radical (unpaired) electrons. The number of rotatable bonds is 0. The molecule has 2 rings (SSSR count). The lowest BCUT2D eigenvalue weighted by Crippen LogP contribution is -2.20. The number of hydrogen-bond donors (Lipinski definition) is 1. The SMILES string of the molecule is O=c1[nH]c(Cl)nc2c1CCSC2. The lowest BCUT2D eigenvalue weighted by atomic mass is 10.2. The lowest BCUT2D eigenvalue weighted by molar-refractivity contribution is 0.941. The van der Waals surface area contributed by atoms with Crippen molar-refractivity contribution in [2.45, 2.75) is 12.2 Å². The molecular formula is C7H7ClN2OS. The first-order chi connectivity index (χ1) is 5.77. The van der Waals surface area contributed by atoms with E-state index in [1.54, 1.807) is 11.8 Å². The third-order valence-electron chi connectivity index (χ3n) is 1.81. The summed E-state index contributed by atoms with van der Waals surface area (Å²) in [6, 6.07) is 0. The van der Waals surface area contributed by atoms with Crippen molar-refractivity contribution < 1.29 is 0 Å². The van der Waals surface area contributed by atoms with E-state index in [2.05, 4.69) is 9.97 Å². The van der Waals surface area contributed by atoms with Gasteiger partial charge < -0.3 is 0 Å². The molecule has 3 nitrogen and oxygen atoms in total. The summed E-state index contributed by atoms with van der Waals surface area (Å²) in [5, 5.41) is 0.196. The van der Waals surface area contributed by atoms with Crippen LogP contribution in [-0.4, -0.2) is 15.7 Å². The average Bonchev–Trinajstić information content (AvgIpc) is 2.04. The molecule has 1 N–H and O–H groups in total. The zero-order valence-corrected chi connectivity index (χ0v) is 7.84. The van der Waals surface area contributed by atoms with Crippen LogP contribution in [0.15, 0.2) is 4.79 Å². The van der Waals surface area contributed by atoms with Crippen molar-refractivity contribution in [3.05, 3.63) is 26.9 Å². The maximum absolute atomic E-state index is 11.3. The molecule has 12 heavy (non-hydrogen) atoms. The number of thioether (sulfide) groups is 1. The van der Waals surface area contributed by atoms with Crippen LogP contribution in [0.5, 0.6) is 0 Å². The zero-order chi connectivity index (χ0) is 8.55. The maximum Gasteiger partial charge on any atom is 0.255 e. The van der Waals surface area contributed by atoms with Crippen LogP contribution in [0.4, 0.5) is 0 Å². The number of hydrogen-bond acceptors (Lipinski definition) is 3. The summed E-state index contributed by atoms with van der Waals surface area (Å²) in [6.07, 6.45) is 0.805. The van der Waals surface area contributed by atoms with Gasteiger partial charge in [-0.2, -0.15) is 11.8 Å². The summed E-state index contributed by atoms with van der Waals surface area (Å²) in [5.74, 6) is 1.80. The van der Waals surface area contributed by atoms with Crippen molar-refractivity contribution in [2.24, 2.45) is 0 Å². The second-order valence-corrected chi connectivity index (χ2v) is 4.05. The van der Waals surface area contributed by atoms with Crippen LogP contribution >= 0.6 is 23.4 Å². The number of halogens is 1. The van der Waals surface area contributed by atoms with Crippen LogP contribution in [0, 0.1) is 0 Å². The van der Waals surface area contributed by atoms with E-state index in [0.717, 1.165) is 29.2 Å². The third kappa shape index (κ3) is 1.36. The molecule has 0 atom stereocenters. The summed E-state index contributed by atoms with van der Waals surface area (Å²) in [4.78, 5) is 17.8. The Balaban J connectivity index is 2.60. The van der Waals surface area contributed by atoms with E-state index in [1.165, 1.54) is 0 Å². The quantitative estimate of drug-likeness (QED) is 0.644. The fourth-order valence-corrected chi connectivity index (χ4v) is 2.35. The molecule has 5 heteroatoms. The molecular weight excluding hydrogens is 196 g/mol. The molecule has 0 aliphatic carbocycles. The summed E-state index contributed by atoms with van der Waals surface area (Å²) >= 11 is 7.39. The highest BCUT2D eigenvalue weighted by Crippen LogP contribution is 2.20. The minimum Gasteiger partial charge on any atom is -0.297 e. The number of aromatic nitrogens is 2. The van der Waals surface area contributed by atoms with Crippen molar-refractivity contribution in [1.82, 2.24) is 9.97 Å². The molecule has 0 saturated carbocycles. The van der Waals surface area contributed by atoms with Gasteiger partial charge in [0.15, 0.2) is 0 Å². The highest BCUT2D eigenvalue weighted by atomic mass is 35.5. The number of aromatic amines is 1. The minimum absolute atomic E-state index is 0.0784. The van der Waals surface area contributed by atoms with Gasteiger partial charge in [-0.25, -0.2) is 4.98 Å². The molecule has 0 amide bonds. The van der Waals surface area contributed by atoms with E-state index >= 15 is 0 Å². The Labute approximate surface area is 78.5 Å². The van der Waals surface area contributed by atoms with Crippen LogP contribution in [0.25, 0.3) is 0 Å². The van der Waals surface area contributed by atoms with Crippen LogP contribution in [0.2, 0.25) is 5.28 Å². The monoisotopic (exact) mass is 202 g/mol. The predicted molar refractivity (Wildman–Crippen MR) is 49.7 cm³/mol. The van der Waals surface area contributed by atoms with Gasteiger partial charge in [0.1, 0.15) is 0 Å². The first-order valence-electron chi connectivity index (χ1n) is 3.62. The average molecular weight is 203 g/mol. The number of H-pyrrole nitrogens is 1. The summed E-state index contributed by atoms with van der Waals surface area (Å²) in [6.45, 7) is 0. The van der Waals surface area contributed by atoms with E-state index in [0.29, 0.717) is 0 Å². The number of nitrogens with zero attached hydrogens (tertiary/aromatic N) is 1. The topological polar surface area (TPSA) is 45.8 Å². The van der Waals surface area contributed by atoms with Crippen molar-refractivity contribution in [3.63, 3.8) is 0 Å². The highest BCUT2D eigenvalue weighted by Gasteiger charge is 2.14. The van der Waals surface area contributed by atoms with E-state index in [-0.39, 0.29) is 10.8 Å². The van der Waals surface area contributed by atoms with Gasteiger partial charge in [0, 0.05) is 11.3 Å². The Morgan fingerprint density at radius 1 is 1.58 bits per heavy atom. The van der Waals surface area contributed by atoms with Gasteiger partial charge >= 0.3 is 0 Å². The molecule has 64 valence electrons. The summed E-state index contributed by atoms with van der Waals surface area (Å²) in [5.41, 5.74) is 1.57. The molecule has 1 aliphatic heterocycles. The van der Waals surface area contributed by atoms with Crippen molar-refractivity contribution in [1.29, 1.82) is 0 Å². The van der Waals surface area contributed by atoms with E-state index in [9.17, 15) is 4.79 Å². The molecule has 0 unspecified atom stereocenters. The van der Waals surface area contributed by atoms with Gasteiger partial charge in [-0.1, -0.05) is 0 Å². The zero-order valence-electron chi connectivity index (χ0n) is 6.26. The van der Waals surface area contributed by atoms with E-state index in [1.807, 2.05) is 0 Å². The number of fused-ring (bicyclic) bond motifs is 1. The Bertz CT molecular complexity index is 363. The molecule has 0 bridgehead atoms. The molecule has 0 aromatic carbocycles. The van der Waals surface area contributed by atoms with Crippen LogP contribution < -0.4 is 5.56 Å². The first-order valence-corrected chi connectivity index (χ1v) is 5.16. The predicted octanol–water partition coefficient (Wildman–Crippen LogP) is 1.21. The van der Waals surface area contributed by atoms with Gasteiger partial charge in [-0.05, 0) is 23.8 Å². The Morgan fingerprint density at radius 3 is 3.25 bits per heavy atom. The molecule has 2 heterocycles. The fourth-order valence-electron chi connectivity index (χ4n) is 1.23. The molecule has 1 aromatic rings. The second kappa shape index (κ2) is 3.11. The smallest absolute Gasteiger partial charge is 0.255 e. The van der Waals surface area contributed by atoms with Crippen LogP contribution in [-0.2, 0) is 12.2 Å². The molecule has 1 aromatic heterocycles. The summed E-state index contributed by atoms with van der Waals surface area (Å²) in [7, 11) is 0.